The lowest BCUT2D eigenvalue weighted by atomic mass is 10.1. The summed E-state index contributed by atoms with van der Waals surface area (Å²) in [4.78, 5) is 27.8. The zero-order valence-corrected chi connectivity index (χ0v) is 17.8. The molecule has 1 aromatic rings. The number of nitrogens with zero attached hydrogens (tertiary/aromatic N) is 1. The minimum atomic E-state index is -0.429. The Morgan fingerprint density at radius 2 is 1.85 bits per heavy atom. The Balaban J connectivity index is 0.00000625. The summed E-state index contributed by atoms with van der Waals surface area (Å²) in [6, 6.07) is 5.62. The Kier molecular flexibility index (Phi) is 10.8. The van der Waals surface area contributed by atoms with Crippen molar-refractivity contribution in [3.8, 4) is 0 Å². The van der Waals surface area contributed by atoms with Gasteiger partial charge in [-0.1, -0.05) is 6.07 Å². The van der Waals surface area contributed by atoms with Gasteiger partial charge in [0.25, 0.3) is 0 Å². The molecule has 0 aliphatic rings. The summed E-state index contributed by atoms with van der Waals surface area (Å²) >= 11 is 0. The fourth-order valence-electron chi connectivity index (χ4n) is 1.89. The van der Waals surface area contributed by atoms with E-state index in [0.29, 0.717) is 18.2 Å². The van der Waals surface area contributed by atoms with Gasteiger partial charge in [0.15, 0.2) is 5.96 Å². The highest BCUT2D eigenvalue weighted by atomic mass is 127. The number of carbonyl (C=O) groups is 2. The predicted octanol–water partition coefficient (Wildman–Crippen LogP) is 1.85. The van der Waals surface area contributed by atoms with Crippen molar-refractivity contribution in [1.29, 1.82) is 0 Å². The second-order valence-electron chi connectivity index (χ2n) is 6.41. The van der Waals surface area contributed by atoms with Gasteiger partial charge in [0.1, 0.15) is 12.4 Å². The number of anilines is 1. The number of guanidine groups is 1. The quantitative estimate of drug-likeness (QED) is 0.285. The van der Waals surface area contributed by atoms with Gasteiger partial charge in [-0.05, 0) is 45.9 Å². The highest BCUT2D eigenvalue weighted by Crippen LogP contribution is 2.08. The Labute approximate surface area is 170 Å². The molecule has 0 saturated carbocycles. The maximum Gasteiger partial charge on any atom is 0.246 e. The molecule has 0 aromatic heterocycles. The van der Waals surface area contributed by atoms with Crippen molar-refractivity contribution in [2.45, 2.75) is 33.2 Å². The molecule has 0 bridgehead atoms. The van der Waals surface area contributed by atoms with Crippen LogP contribution in [0.5, 0.6) is 0 Å². The van der Waals surface area contributed by atoms with Gasteiger partial charge in [-0.2, -0.15) is 0 Å². The van der Waals surface area contributed by atoms with E-state index in [4.69, 9.17) is 0 Å². The fraction of sp³-hybridized carbons (Fsp3) is 0.471. The van der Waals surface area contributed by atoms with Crippen LogP contribution in [0.4, 0.5) is 10.1 Å². The molecule has 0 spiro atoms. The first-order valence-corrected chi connectivity index (χ1v) is 8.08. The summed E-state index contributed by atoms with van der Waals surface area (Å²) in [6.45, 7) is 8.00. The van der Waals surface area contributed by atoms with Crippen molar-refractivity contribution in [2.24, 2.45) is 4.99 Å². The summed E-state index contributed by atoms with van der Waals surface area (Å²) < 4.78 is 13.1. The Hall–Kier alpha value is -1.91. The molecule has 0 aliphatic carbocycles. The monoisotopic (exact) mass is 479 g/mol. The van der Waals surface area contributed by atoms with Crippen LogP contribution in [0.15, 0.2) is 29.3 Å². The Morgan fingerprint density at radius 3 is 2.42 bits per heavy atom. The molecule has 9 heteroatoms. The molecule has 1 rings (SSSR count). The van der Waals surface area contributed by atoms with Gasteiger partial charge in [0, 0.05) is 17.8 Å². The van der Waals surface area contributed by atoms with Crippen molar-refractivity contribution in [1.82, 2.24) is 16.0 Å². The van der Waals surface area contributed by atoms with E-state index in [1.165, 1.54) is 18.2 Å². The average molecular weight is 479 g/mol. The average Bonchev–Trinajstić information content (AvgIpc) is 2.48. The van der Waals surface area contributed by atoms with Crippen molar-refractivity contribution in [2.75, 3.05) is 25.0 Å². The van der Waals surface area contributed by atoms with E-state index in [-0.39, 0.29) is 54.4 Å². The van der Waals surface area contributed by atoms with E-state index in [9.17, 15) is 14.0 Å². The Bertz CT molecular complexity index is 632. The van der Waals surface area contributed by atoms with Crippen LogP contribution < -0.4 is 21.3 Å². The third-order valence-corrected chi connectivity index (χ3v) is 2.76. The number of halogens is 2. The van der Waals surface area contributed by atoms with Crippen molar-refractivity contribution >= 4 is 47.4 Å². The van der Waals surface area contributed by atoms with E-state index in [1.54, 1.807) is 6.07 Å². The molecule has 0 heterocycles. The van der Waals surface area contributed by atoms with Gasteiger partial charge in [0.2, 0.25) is 11.8 Å². The lowest BCUT2D eigenvalue weighted by Crippen LogP contribution is -2.48. The molecule has 0 radical (unpaired) electrons. The van der Waals surface area contributed by atoms with Crippen LogP contribution >= 0.6 is 24.0 Å². The first-order valence-electron chi connectivity index (χ1n) is 8.08. The number of aliphatic imine (C=N–C) groups is 1. The zero-order valence-electron chi connectivity index (χ0n) is 15.5. The van der Waals surface area contributed by atoms with Crippen LogP contribution in [0.2, 0.25) is 0 Å². The minimum Gasteiger partial charge on any atom is -0.357 e. The molecule has 2 amide bonds. The molecule has 0 aliphatic heterocycles. The van der Waals surface area contributed by atoms with Crippen molar-refractivity contribution in [3.63, 3.8) is 0 Å². The second-order valence-corrected chi connectivity index (χ2v) is 6.41. The molecular formula is C17H27FIN5O2. The maximum absolute atomic E-state index is 13.1. The first kappa shape index (κ1) is 24.1. The first-order chi connectivity index (χ1) is 11.7. The summed E-state index contributed by atoms with van der Waals surface area (Å²) in [6.07, 6.45) is 0. The topological polar surface area (TPSA) is 94.6 Å². The zero-order chi connectivity index (χ0) is 18.9. The number of nitrogens with one attached hydrogen (secondary N) is 4. The SMILES string of the molecule is CCNC(=NCC(=O)Nc1cccc(F)c1)NCC(=O)NC(C)(C)C.I. The molecule has 26 heavy (non-hydrogen) atoms. The molecule has 7 nitrogen and oxygen atoms in total. The molecule has 4 N–H and O–H groups in total. The van der Waals surface area contributed by atoms with Crippen molar-refractivity contribution < 1.29 is 14.0 Å². The fourth-order valence-corrected chi connectivity index (χ4v) is 1.89. The second kappa shape index (κ2) is 11.7. The van der Waals surface area contributed by atoms with Gasteiger partial charge in [-0.25, -0.2) is 9.38 Å². The van der Waals surface area contributed by atoms with Crippen LogP contribution in [0.25, 0.3) is 0 Å². The van der Waals surface area contributed by atoms with Crippen LogP contribution in [-0.4, -0.2) is 42.9 Å². The summed E-state index contributed by atoms with van der Waals surface area (Å²) in [5.74, 6) is -0.647. The molecule has 146 valence electrons. The number of amides is 2. The highest BCUT2D eigenvalue weighted by molar-refractivity contribution is 14.0. The summed E-state index contributed by atoms with van der Waals surface area (Å²) in [5, 5.41) is 11.2. The largest absolute Gasteiger partial charge is 0.357 e. The van der Waals surface area contributed by atoms with E-state index in [0.717, 1.165) is 0 Å². The molecule has 1 aromatic carbocycles. The van der Waals surface area contributed by atoms with E-state index >= 15 is 0 Å². The highest BCUT2D eigenvalue weighted by Gasteiger charge is 2.13. The lowest BCUT2D eigenvalue weighted by Gasteiger charge is -2.21. The summed E-state index contributed by atoms with van der Waals surface area (Å²) in [7, 11) is 0. The van der Waals surface area contributed by atoms with E-state index in [1.807, 2.05) is 27.7 Å². The number of hydrogen-bond donors (Lipinski definition) is 4. The van der Waals surface area contributed by atoms with Crippen LogP contribution in [0, 0.1) is 5.82 Å². The smallest absolute Gasteiger partial charge is 0.246 e. The number of rotatable bonds is 6. The minimum absolute atomic E-state index is 0. The molecule has 0 atom stereocenters. The number of hydrogen-bond acceptors (Lipinski definition) is 3. The predicted molar refractivity (Wildman–Crippen MR) is 112 cm³/mol. The molecular weight excluding hydrogens is 452 g/mol. The third-order valence-electron chi connectivity index (χ3n) is 2.76. The number of carbonyl (C=O) groups excluding carboxylic acids is 2. The third kappa shape index (κ3) is 10.9. The van der Waals surface area contributed by atoms with Gasteiger partial charge in [-0.3, -0.25) is 9.59 Å². The van der Waals surface area contributed by atoms with Crippen molar-refractivity contribution in [3.05, 3.63) is 30.1 Å². The van der Waals surface area contributed by atoms with Gasteiger partial charge in [0.05, 0.1) is 6.54 Å². The standard InChI is InChI=1S/C17H26FN5O2.HI/c1-5-19-16(21-11-15(25)23-17(2,3)4)20-10-14(24)22-13-8-6-7-12(18)9-13;/h6-9H,5,10-11H2,1-4H3,(H,22,24)(H,23,25)(H2,19,20,21);1H. The normalized spacial score (nSPS) is 11.2. The maximum atomic E-state index is 13.1. The van der Waals surface area contributed by atoms with Crippen LogP contribution in [0.1, 0.15) is 27.7 Å². The molecule has 0 fully saturated rings. The van der Waals surface area contributed by atoms with Gasteiger partial charge in [-0.15, -0.1) is 24.0 Å². The summed E-state index contributed by atoms with van der Waals surface area (Å²) in [5.41, 5.74) is 0.0433. The number of benzene rings is 1. The van der Waals surface area contributed by atoms with Gasteiger partial charge >= 0.3 is 0 Å². The lowest BCUT2D eigenvalue weighted by molar-refractivity contribution is -0.121. The Morgan fingerprint density at radius 1 is 1.15 bits per heavy atom. The molecule has 0 saturated heterocycles. The van der Waals surface area contributed by atoms with Crippen LogP contribution in [-0.2, 0) is 9.59 Å². The van der Waals surface area contributed by atoms with E-state index < -0.39 is 5.82 Å². The van der Waals surface area contributed by atoms with Gasteiger partial charge < -0.3 is 21.3 Å². The van der Waals surface area contributed by atoms with E-state index in [2.05, 4.69) is 26.3 Å². The molecule has 0 unspecified atom stereocenters. The van der Waals surface area contributed by atoms with Crippen LogP contribution in [0.3, 0.4) is 0 Å².